The summed E-state index contributed by atoms with van der Waals surface area (Å²) in [6.45, 7) is 5.59. The molecule has 2 fully saturated rings. The molecule has 0 unspecified atom stereocenters. The molecule has 3 heteroatoms. The Morgan fingerprint density at radius 2 is 2.00 bits per heavy atom. The number of hydrogen-bond acceptors (Lipinski definition) is 2. The molecule has 2 aliphatic rings. The molecule has 0 bridgehead atoms. The third-order valence-corrected chi connectivity index (χ3v) is 3.87. The maximum atomic E-state index is 12.2. The van der Waals surface area contributed by atoms with Crippen LogP contribution < -0.4 is 0 Å². The lowest BCUT2D eigenvalue weighted by Crippen LogP contribution is -2.50. The number of morpholine rings is 1. The SMILES string of the molecule is C[C@@H]1CN(C(=O)CC2CCCC2)[C@H](C)CO1. The van der Waals surface area contributed by atoms with Gasteiger partial charge in [0.25, 0.3) is 0 Å². The lowest BCUT2D eigenvalue weighted by molar-refractivity contribution is -0.144. The minimum atomic E-state index is 0.198. The molecule has 1 heterocycles. The Hall–Kier alpha value is -0.570. The van der Waals surface area contributed by atoms with Gasteiger partial charge in [-0.2, -0.15) is 0 Å². The van der Waals surface area contributed by atoms with Gasteiger partial charge in [-0.05, 0) is 32.6 Å². The number of amides is 1. The van der Waals surface area contributed by atoms with Gasteiger partial charge in [0.1, 0.15) is 0 Å². The fourth-order valence-electron chi connectivity index (χ4n) is 2.83. The molecule has 1 aliphatic carbocycles. The topological polar surface area (TPSA) is 29.5 Å². The minimum absolute atomic E-state index is 0.198. The number of ether oxygens (including phenoxy) is 1. The van der Waals surface area contributed by atoms with E-state index in [4.69, 9.17) is 4.74 Å². The van der Waals surface area contributed by atoms with Crippen molar-refractivity contribution in [2.45, 2.75) is 58.1 Å². The monoisotopic (exact) mass is 225 g/mol. The standard InChI is InChI=1S/C13H23NO2/c1-10-9-16-11(2)8-14(10)13(15)7-12-5-3-4-6-12/h10-12H,3-9H2,1-2H3/t10-,11-/m1/s1. The Morgan fingerprint density at radius 3 is 2.69 bits per heavy atom. The molecule has 0 aromatic carbocycles. The van der Waals surface area contributed by atoms with Crippen LogP contribution in [0.1, 0.15) is 46.0 Å². The van der Waals surface area contributed by atoms with Crippen molar-refractivity contribution < 1.29 is 9.53 Å². The zero-order valence-corrected chi connectivity index (χ0v) is 10.4. The van der Waals surface area contributed by atoms with Crippen LogP contribution in [0.15, 0.2) is 0 Å². The first-order valence-electron chi connectivity index (χ1n) is 6.58. The first kappa shape index (κ1) is 11.9. The summed E-state index contributed by atoms with van der Waals surface area (Å²) in [5, 5.41) is 0. The van der Waals surface area contributed by atoms with Gasteiger partial charge in [0.2, 0.25) is 5.91 Å². The lowest BCUT2D eigenvalue weighted by Gasteiger charge is -2.37. The summed E-state index contributed by atoms with van der Waals surface area (Å²) >= 11 is 0. The molecule has 1 saturated carbocycles. The van der Waals surface area contributed by atoms with Crippen LogP contribution in [0.3, 0.4) is 0 Å². The van der Waals surface area contributed by atoms with Crippen LogP contribution in [0.4, 0.5) is 0 Å². The van der Waals surface area contributed by atoms with E-state index >= 15 is 0 Å². The molecule has 2 atom stereocenters. The fraction of sp³-hybridized carbons (Fsp3) is 0.923. The van der Waals surface area contributed by atoms with E-state index in [-0.39, 0.29) is 12.1 Å². The van der Waals surface area contributed by atoms with Crippen molar-refractivity contribution in [2.24, 2.45) is 5.92 Å². The Kier molecular flexibility index (Phi) is 3.85. The van der Waals surface area contributed by atoms with Gasteiger partial charge in [-0.3, -0.25) is 4.79 Å². The van der Waals surface area contributed by atoms with Gasteiger partial charge in [-0.1, -0.05) is 12.8 Å². The second-order valence-electron chi connectivity index (χ2n) is 5.39. The highest BCUT2D eigenvalue weighted by Crippen LogP contribution is 2.28. The van der Waals surface area contributed by atoms with Crippen molar-refractivity contribution in [1.82, 2.24) is 4.90 Å². The second kappa shape index (κ2) is 5.17. The fourth-order valence-corrected chi connectivity index (χ4v) is 2.83. The Balaban J connectivity index is 1.86. The third-order valence-electron chi connectivity index (χ3n) is 3.87. The molecule has 3 nitrogen and oxygen atoms in total. The van der Waals surface area contributed by atoms with E-state index < -0.39 is 0 Å². The molecule has 0 aromatic rings. The van der Waals surface area contributed by atoms with Crippen LogP contribution in [-0.2, 0) is 9.53 Å². The van der Waals surface area contributed by atoms with Gasteiger partial charge in [0.15, 0.2) is 0 Å². The molecule has 1 saturated heterocycles. The number of carbonyl (C=O) groups excluding carboxylic acids is 1. The smallest absolute Gasteiger partial charge is 0.223 e. The first-order valence-corrected chi connectivity index (χ1v) is 6.58. The predicted octanol–water partition coefficient (Wildman–Crippen LogP) is 2.20. The summed E-state index contributed by atoms with van der Waals surface area (Å²) in [7, 11) is 0. The molecule has 16 heavy (non-hydrogen) atoms. The summed E-state index contributed by atoms with van der Waals surface area (Å²) in [4.78, 5) is 14.2. The van der Waals surface area contributed by atoms with Gasteiger partial charge in [0.05, 0.1) is 18.8 Å². The quantitative estimate of drug-likeness (QED) is 0.721. The first-order chi connectivity index (χ1) is 7.66. The van der Waals surface area contributed by atoms with Crippen molar-refractivity contribution in [3.63, 3.8) is 0 Å². The third kappa shape index (κ3) is 2.76. The van der Waals surface area contributed by atoms with Crippen LogP contribution in [0.25, 0.3) is 0 Å². The van der Waals surface area contributed by atoms with Crippen LogP contribution in [0.2, 0.25) is 0 Å². The largest absolute Gasteiger partial charge is 0.375 e. The van der Waals surface area contributed by atoms with E-state index in [0.717, 1.165) is 13.0 Å². The van der Waals surface area contributed by atoms with Gasteiger partial charge < -0.3 is 9.64 Å². The summed E-state index contributed by atoms with van der Waals surface area (Å²) in [6, 6.07) is 0.255. The number of hydrogen-bond donors (Lipinski definition) is 0. The van der Waals surface area contributed by atoms with Crippen molar-refractivity contribution >= 4 is 5.91 Å². The predicted molar refractivity (Wildman–Crippen MR) is 63.2 cm³/mol. The molecule has 0 radical (unpaired) electrons. The second-order valence-corrected chi connectivity index (χ2v) is 5.39. The Labute approximate surface area is 98.1 Å². The number of nitrogens with zero attached hydrogens (tertiary/aromatic N) is 1. The summed E-state index contributed by atoms with van der Waals surface area (Å²) in [5.41, 5.74) is 0. The Bertz CT molecular complexity index is 248. The van der Waals surface area contributed by atoms with E-state index in [1.54, 1.807) is 0 Å². The van der Waals surface area contributed by atoms with E-state index in [1.165, 1.54) is 25.7 Å². The Morgan fingerprint density at radius 1 is 1.31 bits per heavy atom. The molecular formula is C13H23NO2. The molecule has 0 spiro atoms. The highest BCUT2D eigenvalue weighted by Gasteiger charge is 2.29. The molecule has 1 aliphatic heterocycles. The van der Waals surface area contributed by atoms with Crippen molar-refractivity contribution in [2.75, 3.05) is 13.2 Å². The van der Waals surface area contributed by atoms with Crippen LogP contribution in [0, 0.1) is 5.92 Å². The molecule has 92 valence electrons. The average molecular weight is 225 g/mol. The van der Waals surface area contributed by atoms with E-state index in [2.05, 4.69) is 6.92 Å². The highest BCUT2D eigenvalue weighted by atomic mass is 16.5. The molecule has 0 N–H and O–H groups in total. The molecule has 2 rings (SSSR count). The molecule has 0 aromatic heterocycles. The maximum absolute atomic E-state index is 12.2. The van der Waals surface area contributed by atoms with Crippen LogP contribution in [0.5, 0.6) is 0 Å². The van der Waals surface area contributed by atoms with Gasteiger partial charge in [-0.25, -0.2) is 0 Å². The van der Waals surface area contributed by atoms with Gasteiger partial charge in [0, 0.05) is 13.0 Å². The normalized spacial score (nSPS) is 32.0. The van der Waals surface area contributed by atoms with E-state index in [0.29, 0.717) is 18.4 Å². The minimum Gasteiger partial charge on any atom is -0.375 e. The van der Waals surface area contributed by atoms with E-state index in [9.17, 15) is 4.79 Å². The number of rotatable bonds is 2. The molecular weight excluding hydrogens is 202 g/mol. The summed E-state index contributed by atoms with van der Waals surface area (Å²) < 4.78 is 5.55. The van der Waals surface area contributed by atoms with E-state index in [1.807, 2.05) is 11.8 Å². The zero-order chi connectivity index (χ0) is 11.5. The zero-order valence-electron chi connectivity index (χ0n) is 10.4. The van der Waals surface area contributed by atoms with Gasteiger partial charge >= 0.3 is 0 Å². The lowest BCUT2D eigenvalue weighted by atomic mass is 10.0. The average Bonchev–Trinajstić information content (AvgIpc) is 2.74. The van der Waals surface area contributed by atoms with Crippen molar-refractivity contribution in [3.05, 3.63) is 0 Å². The number of carbonyl (C=O) groups is 1. The highest BCUT2D eigenvalue weighted by molar-refractivity contribution is 5.77. The van der Waals surface area contributed by atoms with Crippen molar-refractivity contribution in [1.29, 1.82) is 0 Å². The van der Waals surface area contributed by atoms with Gasteiger partial charge in [-0.15, -0.1) is 0 Å². The molecule has 1 amide bonds. The van der Waals surface area contributed by atoms with Crippen molar-refractivity contribution in [3.8, 4) is 0 Å². The summed E-state index contributed by atoms with van der Waals surface area (Å²) in [5.74, 6) is 0.993. The van der Waals surface area contributed by atoms with Crippen LogP contribution in [-0.4, -0.2) is 36.1 Å². The van der Waals surface area contributed by atoms with Crippen LogP contribution >= 0.6 is 0 Å². The maximum Gasteiger partial charge on any atom is 0.223 e. The summed E-state index contributed by atoms with van der Waals surface area (Å²) in [6.07, 6.45) is 6.08.